The summed E-state index contributed by atoms with van der Waals surface area (Å²) in [5, 5.41) is 0.449. The normalized spacial score (nSPS) is 21.1. The molecule has 35 heavy (non-hydrogen) atoms. The summed E-state index contributed by atoms with van der Waals surface area (Å²) in [5.74, 6) is -0.656. The fourth-order valence-electron chi connectivity index (χ4n) is 4.49. The number of hydrogen-bond donors (Lipinski definition) is 0. The number of hydrogen-bond acceptors (Lipinski definition) is 6. The Hall–Kier alpha value is -3.83. The van der Waals surface area contributed by atoms with Gasteiger partial charge in [-0.2, -0.15) is 13.2 Å². The highest BCUT2D eigenvalue weighted by atomic mass is 19.4. The highest BCUT2D eigenvalue weighted by Crippen LogP contribution is 2.34. The van der Waals surface area contributed by atoms with Crippen molar-refractivity contribution in [1.82, 2.24) is 19.9 Å². The first-order chi connectivity index (χ1) is 16.7. The minimum Gasteiger partial charge on any atom is -0.474 e. The number of fused-ring (bicyclic) bond motifs is 1. The first kappa shape index (κ1) is 22.9. The predicted molar refractivity (Wildman–Crippen MR) is 115 cm³/mol. The summed E-state index contributed by atoms with van der Waals surface area (Å²) in [6.07, 6.45) is 0.173. The summed E-state index contributed by atoms with van der Waals surface area (Å²) < 4.78 is 58.8. The van der Waals surface area contributed by atoms with E-state index in [1.54, 1.807) is 0 Å². The molecule has 1 aliphatic heterocycles. The summed E-state index contributed by atoms with van der Waals surface area (Å²) >= 11 is 0. The monoisotopic (exact) mass is 489 g/mol. The van der Waals surface area contributed by atoms with Crippen molar-refractivity contribution >= 4 is 28.5 Å². The molecule has 2 aliphatic rings. The quantitative estimate of drug-likeness (QED) is 0.400. The van der Waals surface area contributed by atoms with E-state index in [1.165, 1.54) is 24.5 Å². The molecule has 182 valence electrons. The lowest BCUT2D eigenvalue weighted by Crippen LogP contribution is -2.44. The standard InChI is InChI=1S/C23H19F4N5O3/c24-14-1-6-19-18(8-14)21(30-12-29-19)35-17-4-2-15(3-5-17)32-20(33)11-31(22(32)34)16-7-13(9-28-10-16)23(25,26)27/h1,6-10,12,15,17H,2-5,11H2. The molecule has 1 aromatic carbocycles. The third-order valence-corrected chi connectivity index (χ3v) is 6.21. The van der Waals surface area contributed by atoms with Crippen LogP contribution >= 0.6 is 0 Å². The Morgan fingerprint density at radius 1 is 1.00 bits per heavy atom. The summed E-state index contributed by atoms with van der Waals surface area (Å²) in [6.45, 7) is -0.350. The molecule has 1 aliphatic carbocycles. The van der Waals surface area contributed by atoms with Crippen LogP contribution in [0.2, 0.25) is 0 Å². The van der Waals surface area contributed by atoms with Crippen molar-refractivity contribution in [3.63, 3.8) is 0 Å². The highest BCUT2D eigenvalue weighted by Gasteiger charge is 2.43. The van der Waals surface area contributed by atoms with Crippen LogP contribution in [0.25, 0.3) is 10.9 Å². The number of ether oxygens (including phenoxy) is 1. The molecular weight excluding hydrogens is 470 g/mol. The van der Waals surface area contributed by atoms with Crippen molar-refractivity contribution < 1.29 is 31.9 Å². The molecule has 0 unspecified atom stereocenters. The van der Waals surface area contributed by atoms with E-state index in [1.807, 2.05) is 0 Å². The first-order valence-corrected chi connectivity index (χ1v) is 10.9. The van der Waals surface area contributed by atoms with E-state index in [-0.39, 0.29) is 24.2 Å². The molecule has 0 radical (unpaired) electrons. The topological polar surface area (TPSA) is 88.5 Å². The van der Waals surface area contributed by atoms with Gasteiger partial charge < -0.3 is 4.74 Å². The van der Waals surface area contributed by atoms with E-state index < -0.39 is 35.5 Å². The number of halogens is 4. The van der Waals surface area contributed by atoms with Crippen LogP contribution in [0, 0.1) is 5.82 Å². The lowest BCUT2D eigenvalue weighted by molar-refractivity contribution is -0.137. The lowest BCUT2D eigenvalue weighted by atomic mass is 9.92. The molecule has 1 saturated carbocycles. The Morgan fingerprint density at radius 2 is 1.77 bits per heavy atom. The zero-order valence-corrected chi connectivity index (χ0v) is 18.2. The van der Waals surface area contributed by atoms with E-state index in [4.69, 9.17) is 4.74 Å². The number of urea groups is 1. The number of carbonyl (C=O) groups excluding carboxylic acids is 2. The number of anilines is 1. The zero-order chi connectivity index (χ0) is 24.7. The summed E-state index contributed by atoms with van der Waals surface area (Å²) in [5.41, 5.74) is -0.536. The number of aromatic nitrogens is 3. The molecule has 1 saturated heterocycles. The highest BCUT2D eigenvalue weighted by molar-refractivity contribution is 6.12. The van der Waals surface area contributed by atoms with E-state index in [2.05, 4.69) is 15.0 Å². The average Bonchev–Trinajstić information content (AvgIpc) is 3.13. The maximum Gasteiger partial charge on any atom is 0.417 e. The van der Waals surface area contributed by atoms with Gasteiger partial charge in [0.25, 0.3) is 5.91 Å². The fourth-order valence-corrected chi connectivity index (χ4v) is 4.49. The van der Waals surface area contributed by atoms with E-state index in [9.17, 15) is 27.2 Å². The van der Waals surface area contributed by atoms with Gasteiger partial charge in [-0.05, 0) is 49.9 Å². The molecule has 3 aromatic rings. The second kappa shape index (κ2) is 8.75. The number of carbonyl (C=O) groups is 2. The number of pyridine rings is 1. The van der Waals surface area contributed by atoms with Gasteiger partial charge in [-0.15, -0.1) is 0 Å². The van der Waals surface area contributed by atoms with Crippen molar-refractivity contribution in [2.45, 2.75) is 44.0 Å². The average molecular weight is 489 g/mol. The number of imide groups is 1. The van der Waals surface area contributed by atoms with Crippen LogP contribution in [0.1, 0.15) is 31.2 Å². The minimum atomic E-state index is -4.62. The second-order valence-electron chi connectivity index (χ2n) is 8.45. The van der Waals surface area contributed by atoms with Crippen LogP contribution < -0.4 is 9.64 Å². The first-order valence-electron chi connectivity index (χ1n) is 10.9. The molecule has 2 aromatic heterocycles. The maximum absolute atomic E-state index is 13.7. The van der Waals surface area contributed by atoms with E-state index >= 15 is 0 Å². The summed E-state index contributed by atoms with van der Waals surface area (Å²) in [4.78, 5) is 39.5. The van der Waals surface area contributed by atoms with Gasteiger partial charge in [-0.1, -0.05) is 0 Å². The van der Waals surface area contributed by atoms with Gasteiger partial charge in [0.15, 0.2) is 0 Å². The molecule has 0 spiro atoms. The van der Waals surface area contributed by atoms with Crippen LogP contribution in [-0.2, 0) is 11.0 Å². The molecule has 3 amide bonds. The van der Waals surface area contributed by atoms with Gasteiger partial charge in [0.05, 0.1) is 28.4 Å². The molecule has 12 heteroatoms. The number of benzene rings is 1. The second-order valence-corrected chi connectivity index (χ2v) is 8.45. The number of rotatable bonds is 4. The molecule has 2 fully saturated rings. The predicted octanol–water partition coefficient (Wildman–Crippen LogP) is 4.34. The molecule has 0 N–H and O–H groups in total. The van der Waals surface area contributed by atoms with Crippen LogP contribution in [0.4, 0.5) is 28.0 Å². The Morgan fingerprint density at radius 3 is 2.51 bits per heavy atom. The molecular formula is C23H19F4N5O3. The smallest absolute Gasteiger partial charge is 0.417 e. The van der Waals surface area contributed by atoms with Crippen LogP contribution in [0.3, 0.4) is 0 Å². The van der Waals surface area contributed by atoms with E-state index in [0.717, 1.165) is 22.1 Å². The summed E-state index contributed by atoms with van der Waals surface area (Å²) in [7, 11) is 0. The van der Waals surface area contributed by atoms with Crippen LogP contribution in [0.15, 0.2) is 43.0 Å². The molecule has 0 atom stereocenters. The Balaban J connectivity index is 1.26. The van der Waals surface area contributed by atoms with Gasteiger partial charge in [0.1, 0.15) is 24.8 Å². The van der Waals surface area contributed by atoms with Crippen LogP contribution in [-0.4, -0.2) is 50.5 Å². The van der Waals surface area contributed by atoms with Gasteiger partial charge >= 0.3 is 12.2 Å². The number of alkyl halides is 3. The molecule has 0 bridgehead atoms. The lowest BCUT2D eigenvalue weighted by Gasteiger charge is -2.33. The molecule has 3 heterocycles. The number of nitrogens with zero attached hydrogens (tertiary/aromatic N) is 5. The maximum atomic E-state index is 13.7. The fraction of sp³-hybridized carbons (Fsp3) is 0.348. The van der Waals surface area contributed by atoms with Crippen LogP contribution in [0.5, 0.6) is 5.88 Å². The largest absolute Gasteiger partial charge is 0.474 e. The SMILES string of the molecule is O=C1CN(c2cncc(C(F)(F)F)c2)C(=O)N1C1CCC(Oc2ncnc3ccc(F)cc23)CC1. The Bertz CT molecular complexity index is 1290. The third-order valence-electron chi connectivity index (χ3n) is 6.21. The van der Waals surface area contributed by atoms with Gasteiger partial charge in [-0.25, -0.2) is 19.2 Å². The Labute approximate surface area is 196 Å². The van der Waals surface area contributed by atoms with Gasteiger partial charge in [-0.3, -0.25) is 19.6 Å². The van der Waals surface area contributed by atoms with Crippen molar-refractivity contribution in [1.29, 1.82) is 0 Å². The van der Waals surface area contributed by atoms with Crippen molar-refractivity contribution in [2.24, 2.45) is 0 Å². The minimum absolute atomic E-state index is 0.0828. The van der Waals surface area contributed by atoms with Crippen molar-refractivity contribution in [2.75, 3.05) is 11.4 Å². The van der Waals surface area contributed by atoms with Crippen molar-refractivity contribution in [3.8, 4) is 5.88 Å². The van der Waals surface area contributed by atoms with Crippen molar-refractivity contribution in [3.05, 3.63) is 54.4 Å². The van der Waals surface area contributed by atoms with Gasteiger partial charge in [0.2, 0.25) is 5.88 Å². The van der Waals surface area contributed by atoms with E-state index in [0.29, 0.717) is 42.8 Å². The Kier molecular flexibility index (Phi) is 5.73. The molecule has 8 nitrogen and oxygen atoms in total. The summed E-state index contributed by atoms with van der Waals surface area (Å²) in [6, 6.07) is 3.87. The third kappa shape index (κ3) is 4.47. The molecule has 5 rings (SSSR count). The number of amides is 3. The zero-order valence-electron chi connectivity index (χ0n) is 18.2. The van der Waals surface area contributed by atoms with Gasteiger partial charge in [0, 0.05) is 12.2 Å².